The third-order valence-electron chi connectivity index (χ3n) is 3.44. The fourth-order valence-corrected chi connectivity index (χ4v) is 2.34. The van der Waals surface area contributed by atoms with E-state index >= 15 is 0 Å². The summed E-state index contributed by atoms with van der Waals surface area (Å²) in [6, 6.07) is 11.5. The average molecular weight is 344 g/mol. The summed E-state index contributed by atoms with van der Waals surface area (Å²) in [5, 5.41) is 5.41. The first-order valence-electron chi connectivity index (χ1n) is 8.06. The second-order valence-corrected chi connectivity index (χ2v) is 5.47. The van der Waals surface area contributed by atoms with Crippen LogP contribution in [0.4, 0.5) is 10.1 Å². The minimum Gasteiger partial charge on any atom is -0.491 e. The zero-order valence-electron chi connectivity index (χ0n) is 14.3. The van der Waals surface area contributed by atoms with E-state index in [0.717, 1.165) is 5.56 Å². The van der Waals surface area contributed by atoms with Gasteiger partial charge in [-0.3, -0.25) is 9.59 Å². The monoisotopic (exact) mass is 344 g/mol. The Morgan fingerprint density at radius 2 is 1.96 bits per heavy atom. The molecule has 0 unspecified atom stereocenters. The van der Waals surface area contributed by atoms with Crippen LogP contribution >= 0.6 is 0 Å². The molecule has 0 bridgehead atoms. The standard InChI is InChI=1S/C19H21FN2O3/c1-3-25-18-8-7-14(11-17(18)20)9-10-21-19(24)15-5-4-6-16(12-15)22-13(2)23/h4-8,11-12H,3,9-10H2,1-2H3,(H,21,24)(H,22,23). The molecule has 0 atom stereocenters. The summed E-state index contributed by atoms with van der Waals surface area (Å²) < 4.78 is 18.9. The Morgan fingerprint density at radius 3 is 2.64 bits per heavy atom. The molecule has 25 heavy (non-hydrogen) atoms. The summed E-state index contributed by atoms with van der Waals surface area (Å²) in [4.78, 5) is 23.2. The van der Waals surface area contributed by atoms with E-state index in [9.17, 15) is 14.0 Å². The predicted octanol–water partition coefficient (Wildman–Crippen LogP) is 3.16. The molecule has 0 fully saturated rings. The van der Waals surface area contributed by atoms with Crippen LogP contribution in [0.5, 0.6) is 5.75 Å². The van der Waals surface area contributed by atoms with Gasteiger partial charge in [-0.1, -0.05) is 12.1 Å². The van der Waals surface area contributed by atoms with Crippen LogP contribution in [0.2, 0.25) is 0 Å². The molecule has 0 spiro atoms. The Morgan fingerprint density at radius 1 is 1.16 bits per heavy atom. The smallest absolute Gasteiger partial charge is 0.251 e. The Kier molecular flexibility index (Phi) is 6.51. The summed E-state index contributed by atoms with van der Waals surface area (Å²) in [6.07, 6.45) is 0.500. The van der Waals surface area contributed by atoms with Gasteiger partial charge in [0.1, 0.15) is 0 Å². The topological polar surface area (TPSA) is 67.4 Å². The zero-order chi connectivity index (χ0) is 18.2. The molecule has 0 aromatic heterocycles. The lowest BCUT2D eigenvalue weighted by molar-refractivity contribution is -0.114. The fraction of sp³-hybridized carbons (Fsp3) is 0.263. The van der Waals surface area contributed by atoms with Crippen LogP contribution in [0.1, 0.15) is 29.8 Å². The molecule has 0 aliphatic rings. The third-order valence-corrected chi connectivity index (χ3v) is 3.44. The summed E-state index contributed by atoms with van der Waals surface area (Å²) in [6.45, 7) is 3.98. The normalized spacial score (nSPS) is 10.2. The van der Waals surface area contributed by atoms with Crippen LogP contribution in [-0.2, 0) is 11.2 Å². The molecular formula is C19H21FN2O3. The summed E-state index contributed by atoms with van der Waals surface area (Å²) in [5.41, 5.74) is 1.78. The van der Waals surface area contributed by atoms with E-state index in [1.807, 2.05) is 0 Å². The van der Waals surface area contributed by atoms with E-state index in [0.29, 0.717) is 30.8 Å². The molecule has 132 valence electrons. The SMILES string of the molecule is CCOc1ccc(CCNC(=O)c2cccc(NC(C)=O)c2)cc1F. The Balaban J connectivity index is 1.90. The molecular weight excluding hydrogens is 323 g/mol. The molecule has 2 aromatic rings. The average Bonchev–Trinajstić information content (AvgIpc) is 2.57. The van der Waals surface area contributed by atoms with Crippen LogP contribution in [0.25, 0.3) is 0 Å². The number of hydrogen-bond acceptors (Lipinski definition) is 3. The molecule has 2 aromatic carbocycles. The van der Waals surface area contributed by atoms with Gasteiger partial charge in [0.25, 0.3) is 5.91 Å². The maximum absolute atomic E-state index is 13.8. The number of carbonyl (C=O) groups excluding carboxylic acids is 2. The van der Waals surface area contributed by atoms with Crippen molar-refractivity contribution >= 4 is 17.5 Å². The van der Waals surface area contributed by atoms with Crippen LogP contribution in [0, 0.1) is 5.82 Å². The van der Waals surface area contributed by atoms with Crippen molar-refractivity contribution in [2.75, 3.05) is 18.5 Å². The van der Waals surface area contributed by atoms with E-state index in [1.165, 1.54) is 13.0 Å². The molecule has 0 saturated heterocycles. The third kappa shape index (κ3) is 5.60. The summed E-state index contributed by atoms with van der Waals surface area (Å²) in [7, 11) is 0. The van der Waals surface area contributed by atoms with Gasteiger partial charge in [0.15, 0.2) is 11.6 Å². The number of carbonyl (C=O) groups is 2. The lowest BCUT2D eigenvalue weighted by atomic mass is 10.1. The number of nitrogens with one attached hydrogen (secondary N) is 2. The Labute approximate surface area is 146 Å². The van der Waals surface area contributed by atoms with Crippen molar-refractivity contribution in [2.45, 2.75) is 20.3 Å². The highest BCUT2D eigenvalue weighted by molar-refractivity contribution is 5.96. The minimum atomic E-state index is -0.409. The van der Waals surface area contributed by atoms with Crippen molar-refractivity contribution in [1.82, 2.24) is 5.32 Å². The van der Waals surface area contributed by atoms with Crippen LogP contribution < -0.4 is 15.4 Å². The predicted molar refractivity (Wildman–Crippen MR) is 94.4 cm³/mol. The lowest BCUT2D eigenvalue weighted by Gasteiger charge is -2.09. The van der Waals surface area contributed by atoms with Gasteiger partial charge in [-0.05, 0) is 49.2 Å². The van der Waals surface area contributed by atoms with Crippen molar-refractivity contribution < 1.29 is 18.7 Å². The number of hydrogen-bond donors (Lipinski definition) is 2. The highest BCUT2D eigenvalue weighted by Crippen LogP contribution is 2.18. The molecule has 0 saturated carbocycles. The van der Waals surface area contributed by atoms with Crippen LogP contribution in [0.15, 0.2) is 42.5 Å². The molecule has 2 rings (SSSR count). The number of amides is 2. The Bertz CT molecular complexity index is 762. The molecule has 6 heteroatoms. The second-order valence-electron chi connectivity index (χ2n) is 5.47. The van der Waals surface area contributed by atoms with Crippen LogP contribution in [-0.4, -0.2) is 25.0 Å². The lowest BCUT2D eigenvalue weighted by Crippen LogP contribution is -2.25. The molecule has 2 N–H and O–H groups in total. The number of rotatable bonds is 7. The van der Waals surface area contributed by atoms with Crippen molar-refractivity contribution in [3.63, 3.8) is 0 Å². The van der Waals surface area contributed by atoms with Gasteiger partial charge < -0.3 is 15.4 Å². The molecule has 0 aliphatic heterocycles. The molecule has 2 amide bonds. The molecule has 5 nitrogen and oxygen atoms in total. The quantitative estimate of drug-likeness (QED) is 0.811. The zero-order valence-corrected chi connectivity index (χ0v) is 14.3. The number of anilines is 1. The van der Waals surface area contributed by atoms with E-state index in [1.54, 1.807) is 43.3 Å². The first-order chi connectivity index (χ1) is 12.0. The second kappa shape index (κ2) is 8.82. The first-order valence-corrected chi connectivity index (χ1v) is 8.06. The largest absolute Gasteiger partial charge is 0.491 e. The minimum absolute atomic E-state index is 0.199. The van der Waals surface area contributed by atoms with Gasteiger partial charge in [-0.15, -0.1) is 0 Å². The van der Waals surface area contributed by atoms with Crippen molar-refractivity contribution in [3.8, 4) is 5.75 Å². The molecule has 0 aliphatic carbocycles. The fourth-order valence-electron chi connectivity index (χ4n) is 2.34. The van der Waals surface area contributed by atoms with E-state index in [-0.39, 0.29) is 17.6 Å². The number of benzene rings is 2. The maximum atomic E-state index is 13.8. The first kappa shape index (κ1) is 18.4. The molecule has 0 heterocycles. The van der Waals surface area contributed by atoms with Gasteiger partial charge in [-0.2, -0.15) is 0 Å². The number of halogens is 1. The van der Waals surface area contributed by atoms with Crippen molar-refractivity contribution in [2.24, 2.45) is 0 Å². The van der Waals surface area contributed by atoms with E-state index in [2.05, 4.69) is 10.6 Å². The van der Waals surface area contributed by atoms with E-state index in [4.69, 9.17) is 4.74 Å². The van der Waals surface area contributed by atoms with Crippen molar-refractivity contribution in [1.29, 1.82) is 0 Å². The Hall–Kier alpha value is -2.89. The summed E-state index contributed by atoms with van der Waals surface area (Å²) >= 11 is 0. The maximum Gasteiger partial charge on any atom is 0.251 e. The van der Waals surface area contributed by atoms with Gasteiger partial charge in [-0.25, -0.2) is 4.39 Å². The van der Waals surface area contributed by atoms with Gasteiger partial charge in [0.05, 0.1) is 6.61 Å². The van der Waals surface area contributed by atoms with Gasteiger partial charge in [0.2, 0.25) is 5.91 Å². The summed E-state index contributed by atoms with van der Waals surface area (Å²) in [5.74, 6) is -0.632. The molecule has 0 radical (unpaired) electrons. The van der Waals surface area contributed by atoms with Crippen LogP contribution in [0.3, 0.4) is 0 Å². The van der Waals surface area contributed by atoms with Gasteiger partial charge in [0, 0.05) is 24.7 Å². The van der Waals surface area contributed by atoms with Crippen molar-refractivity contribution in [3.05, 3.63) is 59.4 Å². The highest BCUT2D eigenvalue weighted by atomic mass is 19.1. The number of ether oxygens (including phenoxy) is 1. The van der Waals surface area contributed by atoms with E-state index < -0.39 is 5.82 Å². The van der Waals surface area contributed by atoms with Gasteiger partial charge >= 0.3 is 0 Å². The highest BCUT2D eigenvalue weighted by Gasteiger charge is 2.08.